The topological polar surface area (TPSA) is 12.9 Å². The van der Waals surface area contributed by atoms with Crippen LogP contribution in [0, 0.1) is 6.07 Å². The largest absolute Gasteiger partial charge is 0.781 e. The summed E-state index contributed by atoms with van der Waals surface area (Å²) < 4.78 is 0. The number of rotatable bonds is 2. The Kier molecular flexibility index (Phi) is 7.90. The fourth-order valence-corrected chi connectivity index (χ4v) is 4.65. The smallest absolute Gasteiger partial charge is 0.0161 e. The molecule has 1 aromatic heterocycles. The average Bonchev–Trinajstić information content (AvgIpc) is 2.90. The molecule has 0 spiro atoms. The molecule has 4 aromatic carbocycles. The number of fused-ring (bicyclic) bond motifs is 2. The minimum atomic E-state index is 0. The van der Waals surface area contributed by atoms with Gasteiger partial charge in [0.1, 0.15) is 0 Å². The van der Waals surface area contributed by atoms with Gasteiger partial charge in [0.2, 0.25) is 0 Å². The van der Waals surface area contributed by atoms with Crippen molar-refractivity contribution in [3.8, 4) is 11.3 Å². The van der Waals surface area contributed by atoms with Crippen LogP contribution in [0.2, 0.25) is 0 Å². The Balaban J connectivity index is 0.000000157. The van der Waals surface area contributed by atoms with E-state index in [4.69, 9.17) is 25.3 Å². The molecular weight excluding hydrogens is 634 g/mol. The number of benzene rings is 4. The minimum absolute atomic E-state index is 0. The van der Waals surface area contributed by atoms with Crippen molar-refractivity contribution in [3.63, 3.8) is 0 Å². The summed E-state index contributed by atoms with van der Waals surface area (Å²) in [6.45, 7) is 0. The Hall–Kier alpha value is -2.84. The van der Waals surface area contributed by atoms with Gasteiger partial charge in [-0.2, -0.15) is 9.81 Å². The van der Waals surface area contributed by atoms with E-state index in [9.17, 15) is 0 Å². The van der Waals surface area contributed by atoms with Crippen LogP contribution in [0.25, 0.3) is 31.8 Å². The summed E-state index contributed by atoms with van der Waals surface area (Å²) in [6, 6.07) is 37.9. The maximum Gasteiger partial charge on any atom is 0.0161 e. The predicted octanol–water partition coefficient (Wildman–Crippen LogP) is 7.21. The Bertz CT molecular complexity index is 1390. The summed E-state index contributed by atoms with van der Waals surface area (Å²) in [5, 5.41) is 2.61. The molecule has 0 radical (unpaired) electrons. The number of hydrogen-bond donors (Lipinski definition) is 0. The van der Waals surface area contributed by atoms with Crippen LogP contribution in [-0.4, -0.2) is 4.98 Å². The van der Waals surface area contributed by atoms with Gasteiger partial charge in [0.15, 0.2) is 0 Å². The number of hydrogen-bond acceptors (Lipinski definition) is 3. The van der Waals surface area contributed by atoms with E-state index in [-0.39, 0.29) is 21.1 Å². The van der Waals surface area contributed by atoms with Crippen molar-refractivity contribution < 1.29 is 21.1 Å². The van der Waals surface area contributed by atoms with Gasteiger partial charge < -0.3 is 30.2 Å². The Labute approximate surface area is 226 Å². The fraction of sp³-hybridized carbons (Fsp3) is 0.0333. The van der Waals surface area contributed by atoms with E-state index in [2.05, 4.69) is 41.4 Å². The van der Waals surface area contributed by atoms with Gasteiger partial charge >= 0.3 is 0 Å². The van der Waals surface area contributed by atoms with Crippen molar-refractivity contribution in [2.75, 3.05) is 0 Å². The molecule has 5 aromatic rings. The third-order valence-electron chi connectivity index (χ3n) is 5.71. The molecule has 34 heavy (non-hydrogen) atoms. The summed E-state index contributed by atoms with van der Waals surface area (Å²) in [6.07, 6.45) is 2.84. The minimum Gasteiger partial charge on any atom is -0.781 e. The molecule has 0 saturated carbocycles. The van der Waals surface area contributed by atoms with Crippen molar-refractivity contribution in [3.05, 3.63) is 138 Å². The first kappa shape index (κ1) is 24.3. The van der Waals surface area contributed by atoms with Crippen LogP contribution < -0.4 is 0 Å². The normalized spacial score (nSPS) is 11.9. The molecule has 0 N–H and O–H groups in total. The second-order valence-electron chi connectivity index (χ2n) is 7.81. The zero-order valence-electron chi connectivity index (χ0n) is 18.2. The first-order valence-electron chi connectivity index (χ1n) is 10.8. The third kappa shape index (κ3) is 4.98. The van der Waals surface area contributed by atoms with E-state index in [1.165, 1.54) is 21.9 Å². The Morgan fingerprint density at radius 2 is 1.29 bits per heavy atom. The van der Waals surface area contributed by atoms with Crippen LogP contribution in [0.1, 0.15) is 22.3 Å². The first-order valence-corrected chi connectivity index (χ1v) is 11.6. The number of aromatic nitrogens is 1. The van der Waals surface area contributed by atoms with E-state index in [0.717, 1.165) is 38.6 Å². The van der Waals surface area contributed by atoms with Crippen LogP contribution in [0.4, 0.5) is 0 Å². The predicted molar refractivity (Wildman–Crippen MR) is 143 cm³/mol. The molecule has 0 atom stereocenters. The molecule has 1 heterocycles. The van der Waals surface area contributed by atoms with Gasteiger partial charge in [0.05, 0.1) is 0 Å². The molecular formula is C30H20NPtS2-3. The summed E-state index contributed by atoms with van der Waals surface area (Å²) in [7, 11) is 0. The van der Waals surface area contributed by atoms with Gasteiger partial charge in [-0.05, 0) is 29.3 Å². The van der Waals surface area contributed by atoms with E-state index in [1.807, 2.05) is 79.0 Å². The second-order valence-corrected chi connectivity index (χ2v) is 8.63. The molecule has 0 aliphatic heterocycles. The van der Waals surface area contributed by atoms with Gasteiger partial charge in [-0.3, -0.25) is 0 Å². The van der Waals surface area contributed by atoms with E-state index >= 15 is 0 Å². The molecule has 0 fully saturated rings. The SMILES string of the molecule is [Pt].[S-]/C(=C(\[S-])c1ccccc1)c1ccccc1.[c-]1ccc2cccc3c2c1-c1ncccc1C3. The molecule has 1 aliphatic carbocycles. The van der Waals surface area contributed by atoms with Crippen LogP contribution in [0.15, 0.2) is 109 Å². The fourth-order valence-electron chi connectivity index (χ4n) is 4.14. The molecule has 0 amide bonds. The molecule has 1 nitrogen and oxygen atoms in total. The molecule has 0 unspecified atom stereocenters. The van der Waals surface area contributed by atoms with E-state index in [1.54, 1.807) is 0 Å². The standard InChI is InChI=1S/C16H10N.C14H12S2.Pt/c1-4-11-5-2-8-14-15(11)12(6-1)10-13-7-3-9-17-16(13)14;15-13(11-7-3-1-4-8-11)14(16)12-9-5-2-6-10-12;/h1-7,9H,10H2;1-10,15-16H;/q-1;;/p-2/b;14-13-;. The zero-order chi connectivity index (χ0) is 22.6. The summed E-state index contributed by atoms with van der Waals surface area (Å²) in [4.78, 5) is 5.99. The van der Waals surface area contributed by atoms with Crippen molar-refractivity contribution in [1.29, 1.82) is 0 Å². The molecule has 170 valence electrons. The van der Waals surface area contributed by atoms with Crippen molar-refractivity contribution in [1.82, 2.24) is 4.98 Å². The van der Waals surface area contributed by atoms with E-state index in [0.29, 0.717) is 0 Å². The van der Waals surface area contributed by atoms with Crippen LogP contribution in [-0.2, 0) is 52.7 Å². The van der Waals surface area contributed by atoms with Gasteiger partial charge in [-0.25, -0.2) is 0 Å². The third-order valence-corrected chi connectivity index (χ3v) is 6.72. The quantitative estimate of drug-likeness (QED) is 0.111. The van der Waals surface area contributed by atoms with E-state index < -0.39 is 0 Å². The average molecular weight is 654 g/mol. The van der Waals surface area contributed by atoms with Crippen molar-refractivity contribution >= 4 is 45.8 Å². The van der Waals surface area contributed by atoms with Gasteiger partial charge in [-0.1, -0.05) is 101 Å². The number of nitrogens with zero attached hydrogens (tertiary/aromatic N) is 1. The molecule has 0 saturated heterocycles. The maximum absolute atomic E-state index is 5.38. The summed E-state index contributed by atoms with van der Waals surface area (Å²) in [5.74, 6) is 0. The van der Waals surface area contributed by atoms with Crippen molar-refractivity contribution in [2.45, 2.75) is 6.42 Å². The summed E-state index contributed by atoms with van der Waals surface area (Å²) in [5.41, 5.74) is 6.94. The maximum atomic E-state index is 5.38. The van der Waals surface area contributed by atoms with Crippen molar-refractivity contribution in [2.24, 2.45) is 0 Å². The Morgan fingerprint density at radius 3 is 1.94 bits per heavy atom. The Morgan fingerprint density at radius 1 is 0.676 bits per heavy atom. The molecule has 6 rings (SSSR count). The zero-order valence-corrected chi connectivity index (χ0v) is 22.1. The second kappa shape index (κ2) is 11.1. The van der Waals surface area contributed by atoms with Gasteiger partial charge in [0.25, 0.3) is 0 Å². The monoisotopic (exact) mass is 653 g/mol. The molecule has 0 bridgehead atoms. The van der Waals surface area contributed by atoms with Gasteiger partial charge in [-0.15, -0.1) is 29.1 Å². The first-order chi connectivity index (χ1) is 16.2. The molecule has 4 heteroatoms. The number of pyridine rings is 1. The molecule has 1 aliphatic rings. The van der Waals surface area contributed by atoms with Gasteiger partial charge in [0, 0.05) is 27.3 Å². The van der Waals surface area contributed by atoms with Crippen LogP contribution >= 0.6 is 0 Å². The summed E-state index contributed by atoms with van der Waals surface area (Å²) >= 11 is 10.8. The van der Waals surface area contributed by atoms with Crippen LogP contribution in [0.3, 0.4) is 0 Å². The van der Waals surface area contributed by atoms with Crippen LogP contribution in [0.5, 0.6) is 0 Å².